The van der Waals surface area contributed by atoms with E-state index in [2.05, 4.69) is 20.9 Å². The number of aromatic nitrogens is 1. The van der Waals surface area contributed by atoms with Crippen molar-refractivity contribution in [2.45, 2.75) is 24.0 Å². The summed E-state index contributed by atoms with van der Waals surface area (Å²) in [4.78, 5) is 3.93. The Balaban J connectivity index is 2.28. The van der Waals surface area contributed by atoms with E-state index in [4.69, 9.17) is 10.7 Å². The summed E-state index contributed by atoms with van der Waals surface area (Å²) in [6.45, 7) is 0. The second kappa shape index (κ2) is 3.71. The molecule has 1 aliphatic rings. The minimum atomic E-state index is -3.48. The van der Waals surface area contributed by atoms with Crippen molar-refractivity contribution >= 4 is 35.7 Å². The number of hydrogen-bond donors (Lipinski definition) is 0. The van der Waals surface area contributed by atoms with Crippen LogP contribution in [0.15, 0.2) is 22.9 Å². The van der Waals surface area contributed by atoms with Gasteiger partial charge in [-0.3, -0.25) is 4.98 Å². The molecule has 0 atom stereocenters. The molecule has 2 rings (SSSR count). The molecule has 1 saturated carbocycles. The Morgan fingerprint density at radius 1 is 1.53 bits per heavy atom. The molecule has 0 radical (unpaired) electrons. The SMILES string of the molecule is O=S(=O)(Cl)C1(Cc2ccncc2Br)CC1. The molecule has 1 aliphatic carbocycles. The first-order valence-corrected chi connectivity index (χ1v) is 7.57. The summed E-state index contributed by atoms with van der Waals surface area (Å²) in [5.74, 6) is 0. The molecule has 15 heavy (non-hydrogen) atoms. The average molecular weight is 311 g/mol. The second-order valence-electron chi connectivity index (χ2n) is 3.76. The fourth-order valence-corrected chi connectivity index (χ4v) is 3.48. The van der Waals surface area contributed by atoms with Gasteiger partial charge >= 0.3 is 0 Å². The van der Waals surface area contributed by atoms with E-state index >= 15 is 0 Å². The molecular formula is C9H9BrClNO2S. The van der Waals surface area contributed by atoms with Gasteiger partial charge in [-0.15, -0.1) is 0 Å². The van der Waals surface area contributed by atoms with Crippen LogP contribution in [0.2, 0.25) is 0 Å². The highest BCUT2D eigenvalue weighted by molar-refractivity contribution is 9.10. The zero-order valence-corrected chi connectivity index (χ0v) is 10.9. The molecule has 0 aliphatic heterocycles. The minimum absolute atomic E-state index is 0.460. The Morgan fingerprint density at radius 3 is 2.67 bits per heavy atom. The van der Waals surface area contributed by atoms with Crippen molar-refractivity contribution in [3.63, 3.8) is 0 Å². The summed E-state index contributed by atoms with van der Waals surface area (Å²) in [5.41, 5.74) is 0.937. The van der Waals surface area contributed by atoms with Crippen LogP contribution in [-0.4, -0.2) is 18.1 Å². The number of nitrogens with zero attached hydrogens (tertiary/aromatic N) is 1. The molecule has 6 heteroatoms. The smallest absolute Gasteiger partial charge is 0.238 e. The summed E-state index contributed by atoms with van der Waals surface area (Å²) >= 11 is 3.34. The first-order valence-electron chi connectivity index (χ1n) is 4.47. The lowest BCUT2D eigenvalue weighted by molar-refractivity contribution is 0.590. The molecule has 3 nitrogen and oxygen atoms in total. The van der Waals surface area contributed by atoms with E-state index in [-0.39, 0.29) is 0 Å². The molecule has 0 N–H and O–H groups in total. The molecule has 0 saturated heterocycles. The van der Waals surface area contributed by atoms with E-state index in [0.29, 0.717) is 19.3 Å². The third-order valence-electron chi connectivity index (χ3n) is 2.69. The highest BCUT2D eigenvalue weighted by atomic mass is 79.9. The van der Waals surface area contributed by atoms with Crippen molar-refractivity contribution in [3.05, 3.63) is 28.5 Å². The van der Waals surface area contributed by atoms with Gasteiger partial charge in [-0.25, -0.2) is 8.42 Å². The fourth-order valence-electron chi connectivity index (χ4n) is 1.54. The minimum Gasteiger partial charge on any atom is -0.264 e. The molecule has 0 amide bonds. The van der Waals surface area contributed by atoms with Crippen LogP contribution in [-0.2, 0) is 15.5 Å². The quantitative estimate of drug-likeness (QED) is 0.806. The van der Waals surface area contributed by atoms with Crippen molar-refractivity contribution in [3.8, 4) is 0 Å². The number of rotatable bonds is 3. The average Bonchev–Trinajstić information content (AvgIpc) is 2.89. The molecule has 1 aromatic heterocycles. The van der Waals surface area contributed by atoms with E-state index in [1.54, 1.807) is 12.4 Å². The van der Waals surface area contributed by atoms with Gasteiger partial charge in [0, 0.05) is 27.5 Å². The summed E-state index contributed by atoms with van der Waals surface area (Å²) in [6, 6.07) is 1.81. The van der Waals surface area contributed by atoms with Crippen molar-refractivity contribution < 1.29 is 8.42 Å². The van der Waals surface area contributed by atoms with Crippen molar-refractivity contribution in [1.82, 2.24) is 4.98 Å². The third kappa shape index (κ3) is 2.19. The summed E-state index contributed by atoms with van der Waals surface area (Å²) in [6.07, 6.45) is 5.06. The third-order valence-corrected chi connectivity index (χ3v) is 5.98. The summed E-state index contributed by atoms with van der Waals surface area (Å²) < 4.78 is 22.8. The van der Waals surface area contributed by atoms with Gasteiger partial charge in [0.2, 0.25) is 9.05 Å². The van der Waals surface area contributed by atoms with Crippen LogP contribution >= 0.6 is 26.6 Å². The topological polar surface area (TPSA) is 47.0 Å². The normalized spacial score (nSPS) is 18.8. The van der Waals surface area contributed by atoms with Crippen LogP contribution in [0, 0.1) is 0 Å². The van der Waals surface area contributed by atoms with Crippen LogP contribution in [0.25, 0.3) is 0 Å². The van der Waals surface area contributed by atoms with E-state index in [1.807, 2.05) is 6.07 Å². The summed E-state index contributed by atoms with van der Waals surface area (Å²) in [5, 5.41) is 0. The number of halogens is 2. The maximum absolute atomic E-state index is 11.4. The van der Waals surface area contributed by atoms with Gasteiger partial charge in [-0.1, -0.05) is 0 Å². The summed E-state index contributed by atoms with van der Waals surface area (Å²) in [7, 11) is 1.96. The molecule has 0 spiro atoms. The number of hydrogen-bond acceptors (Lipinski definition) is 3. The molecule has 1 aromatic rings. The van der Waals surface area contributed by atoms with Gasteiger partial charge in [-0.05, 0) is 46.8 Å². The van der Waals surface area contributed by atoms with Gasteiger partial charge in [0.15, 0.2) is 0 Å². The Morgan fingerprint density at radius 2 is 2.20 bits per heavy atom. The largest absolute Gasteiger partial charge is 0.264 e. The lowest BCUT2D eigenvalue weighted by atomic mass is 10.1. The predicted octanol–water partition coefficient (Wildman–Crippen LogP) is 2.49. The Bertz CT molecular complexity index is 485. The van der Waals surface area contributed by atoms with Crippen LogP contribution in [0.5, 0.6) is 0 Å². The zero-order chi connectivity index (χ0) is 11.1. The Labute approximate surface area is 101 Å². The maximum atomic E-state index is 11.4. The Hall–Kier alpha value is -0.130. The van der Waals surface area contributed by atoms with Crippen molar-refractivity contribution in [1.29, 1.82) is 0 Å². The zero-order valence-electron chi connectivity index (χ0n) is 7.78. The standard InChI is InChI=1S/C9H9BrClNO2S/c10-8-6-12-4-1-7(8)5-9(2-3-9)15(11,13)14/h1,4,6H,2-3,5H2. The molecule has 1 heterocycles. The van der Waals surface area contributed by atoms with Gasteiger partial charge < -0.3 is 0 Å². The molecule has 1 fully saturated rings. The van der Waals surface area contributed by atoms with E-state index in [1.165, 1.54) is 0 Å². The van der Waals surface area contributed by atoms with Gasteiger partial charge in [0.1, 0.15) is 0 Å². The molecular weight excluding hydrogens is 302 g/mol. The molecule has 0 aromatic carbocycles. The molecule has 82 valence electrons. The van der Waals surface area contributed by atoms with Gasteiger partial charge in [0.25, 0.3) is 0 Å². The van der Waals surface area contributed by atoms with Gasteiger partial charge in [0.05, 0.1) is 4.75 Å². The van der Waals surface area contributed by atoms with Crippen molar-refractivity contribution in [2.24, 2.45) is 0 Å². The predicted molar refractivity (Wildman–Crippen MR) is 62.4 cm³/mol. The van der Waals surface area contributed by atoms with Crippen LogP contribution in [0.3, 0.4) is 0 Å². The van der Waals surface area contributed by atoms with Gasteiger partial charge in [-0.2, -0.15) is 0 Å². The highest BCUT2D eigenvalue weighted by Crippen LogP contribution is 2.48. The second-order valence-corrected chi connectivity index (χ2v) is 7.58. The van der Waals surface area contributed by atoms with E-state index < -0.39 is 13.8 Å². The molecule has 0 unspecified atom stereocenters. The van der Waals surface area contributed by atoms with Crippen molar-refractivity contribution in [2.75, 3.05) is 0 Å². The maximum Gasteiger partial charge on any atom is 0.238 e. The number of pyridine rings is 1. The first-order chi connectivity index (χ1) is 6.95. The van der Waals surface area contributed by atoms with Crippen LogP contribution in [0.4, 0.5) is 0 Å². The molecule has 0 bridgehead atoms. The monoisotopic (exact) mass is 309 g/mol. The lowest BCUT2D eigenvalue weighted by Crippen LogP contribution is -2.21. The van der Waals surface area contributed by atoms with E-state index in [9.17, 15) is 8.42 Å². The van der Waals surface area contributed by atoms with Crippen LogP contribution < -0.4 is 0 Å². The lowest BCUT2D eigenvalue weighted by Gasteiger charge is -2.11. The first kappa shape index (κ1) is 11.4. The fraction of sp³-hybridized carbons (Fsp3) is 0.444. The Kier molecular flexibility index (Phi) is 2.81. The van der Waals surface area contributed by atoms with Crippen LogP contribution in [0.1, 0.15) is 18.4 Å². The highest BCUT2D eigenvalue weighted by Gasteiger charge is 2.53. The van der Waals surface area contributed by atoms with E-state index in [0.717, 1.165) is 10.0 Å².